The van der Waals surface area contributed by atoms with Crippen molar-refractivity contribution >= 4 is 10.8 Å². The van der Waals surface area contributed by atoms with E-state index in [2.05, 4.69) is 209 Å². The Bertz CT molecular complexity index is 2030. The highest BCUT2D eigenvalue weighted by atomic mass is 14.2. The Hall–Kier alpha value is -5.20. The lowest BCUT2D eigenvalue weighted by Crippen LogP contribution is -1.92. The molecule has 0 aliphatic heterocycles. The van der Waals surface area contributed by atoms with E-state index in [1.807, 2.05) is 24.3 Å². The summed E-state index contributed by atoms with van der Waals surface area (Å²) in [6, 6.07) is 58.3. The van der Waals surface area contributed by atoms with Crippen molar-refractivity contribution in [2.45, 2.75) is 82.1 Å². The van der Waals surface area contributed by atoms with E-state index in [-0.39, 0.29) is 0 Å². The van der Waals surface area contributed by atoms with Gasteiger partial charge < -0.3 is 0 Å². The second kappa shape index (κ2) is 22.7. The number of benzene rings is 7. The lowest BCUT2D eigenvalue weighted by atomic mass is 9.87. The molecule has 53 heavy (non-hydrogen) atoms. The van der Waals surface area contributed by atoms with Crippen molar-refractivity contribution in [3.8, 4) is 33.4 Å². The fraction of sp³-hybridized carbons (Fsp3) is 0.245. The number of aryl methyl sites for hydroxylation is 5. The monoisotopic (exact) mass is 698 g/mol. The Labute approximate surface area is 322 Å². The first kappa shape index (κ1) is 42.2. The van der Waals surface area contributed by atoms with Crippen LogP contribution in [0.1, 0.15) is 75.8 Å². The fourth-order valence-corrected chi connectivity index (χ4v) is 5.73. The Balaban J connectivity index is 0.000000278. The van der Waals surface area contributed by atoms with Crippen LogP contribution in [0.15, 0.2) is 164 Å². The molecule has 0 radical (unpaired) electrons. The summed E-state index contributed by atoms with van der Waals surface area (Å²) in [6.45, 7) is 21.6. The maximum Gasteiger partial charge on any atom is -0.00732 e. The molecule has 274 valence electrons. The first-order chi connectivity index (χ1) is 25.6. The molecule has 7 aromatic carbocycles. The van der Waals surface area contributed by atoms with Gasteiger partial charge in [-0.2, -0.15) is 0 Å². The Morgan fingerprint density at radius 2 is 0.830 bits per heavy atom. The molecule has 0 aliphatic carbocycles. The summed E-state index contributed by atoms with van der Waals surface area (Å²) in [5.74, 6) is 0.833. The van der Waals surface area contributed by atoms with Gasteiger partial charge in [0.25, 0.3) is 0 Å². The molecular weight excluding hydrogens is 637 g/mol. The lowest BCUT2D eigenvalue weighted by molar-refractivity contribution is 0.737. The van der Waals surface area contributed by atoms with Crippen LogP contribution in [-0.2, 0) is 6.42 Å². The molecule has 0 aliphatic rings. The van der Waals surface area contributed by atoms with Crippen molar-refractivity contribution in [3.63, 3.8) is 0 Å². The van der Waals surface area contributed by atoms with Crippen LogP contribution in [0.5, 0.6) is 0 Å². The molecule has 0 heterocycles. The molecule has 0 saturated carbocycles. The van der Waals surface area contributed by atoms with E-state index in [4.69, 9.17) is 0 Å². The van der Waals surface area contributed by atoms with Crippen LogP contribution >= 0.6 is 0 Å². The van der Waals surface area contributed by atoms with Crippen LogP contribution in [0.2, 0.25) is 0 Å². The molecule has 7 rings (SSSR count). The summed E-state index contributed by atoms with van der Waals surface area (Å²) in [7, 11) is 0. The zero-order valence-corrected chi connectivity index (χ0v) is 34.1. The smallest absolute Gasteiger partial charge is 0.00732 e. The van der Waals surface area contributed by atoms with Gasteiger partial charge in [-0.3, -0.25) is 0 Å². The summed E-state index contributed by atoms with van der Waals surface area (Å²) in [6.07, 6.45) is 2.39. The summed E-state index contributed by atoms with van der Waals surface area (Å²) in [4.78, 5) is 0. The molecular formula is C53H62. The zero-order valence-electron chi connectivity index (χ0n) is 34.1. The Kier molecular flexibility index (Phi) is 18.1. The van der Waals surface area contributed by atoms with Crippen LogP contribution in [0.4, 0.5) is 0 Å². The van der Waals surface area contributed by atoms with Gasteiger partial charge >= 0.3 is 0 Å². The highest BCUT2D eigenvalue weighted by molar-refractivity contribution is 5.94. The molecule has 0 amide bonds. The maximum absolute atomic E-state index is 2.34. The van der Waals surface area contributed by atoms with Crippen molar-refractivity contribution in [1.29, 1.82) is 0 Å². The highest BCUT2D eigenvalue weighted by Crippen LogP contribution is 2.38. The molecule has 0 N–H and O–H groups in total. The summed E-state index contributed by atoms with van der Waals surface area (Å²) < 4.78 is 0. The van der Waals surface area contributed by atoms with E-state index in [1.54, 1.807) is 0 Å². The number of hydrogen-bond donors (Lipinski definition) is 0. The van der Waals surface area contributed by atoms with E-state index in [0.29, 0.717) is 0 Å². The lowest BCUT2D eigenvalue weighted by Gasteiger charge is -2.17. The SMILES string of the molecule is CC(C)C.CCC.CCc1ccccc1.Cc1ccc(-c2ccc(-c3cccc(C)c3-c3cc4ccccc4cc3C)cc2)cc1.Cc1ccccc1. The molecule has 7 aromatic rings. The molecule has 0 spiro atoms. The van der Waals surface area contributed by atoms with Crippen molar-refractivity contribution in [2.75, 3.05) is 0 Å². The van der Waals surface area contributed by atoms with Crippen LogP contribution in [0.3, 0.4) is 0 Å². The molecule has 0 aromatic heterocycles. The predicted octanol–water partition coefficient (Wildman–Crippen LogP) is 16.1. The molecule has 0 saturated heterocycles. The molecule has 0 heteroatoms. The number of rotatable bonds is 4. The zero-order chi connectivity index (χ0) is 38.6. The van der Waals surface area contributed by atoms with E-state index in [1.165, 1.54) is 78.4 Å². The summed E-state index contributed by atoms with van der Waals surface area (Å²) in [5, 5.41) is 2.58. The number of fused-ring (bicyclic) bond motifs is 1. The van der Waals surface area contributed by atoms with Gasteiger partial charge in [0, 0.05) is 0 Å². The quantitative estimate of drug-likeness (QED) is 0.172. The van der Waals surface area contributed by atoms with Crippen molar-refractivity contribution in [3.05, 3.63) is 192 Å². The minimum absolute atomic E-state index is 0.833. The topological polar surface area (TPSA) is 0 Å². The van der Waals surface area contributed by atoms with Gasteiger partial charge in [0.05, 0.1) is 0 Å². The van der Waals surface area contributed by atoms with E-state index < -0.39 is 0 Å². The van der Waals surface area contributed by atoms with Gasteiger partial charge in [-0.15, -0.1) is 0 Å². The number of hydrogen-bond acceptors (Lipinski definition) is 0. The van der Waals surface area contributed by atoms with Gasteiger partial charge in [0.1, 0.15) is 0 Å². The van der Waals surface area contributed by atoms with Crippen molar-refractivity contribution < 1.29 is 0 Å². The van der Waals surface area contributed by atoms with Crippen molar-refractivity contribution in [1.82, 2.24) is 0 Å². The molecule has 0 nitrogen and oxygen atoms in total. The largest absolute Gasteiger partial charge is 0.0656 e. The average molecular weight is 699 g/mol. The summed E-state index contributed by atoms with van der Waals surface area (Å²) >= 11 is 0. The first-order valence-electron chi connectivity index (χ1n) is 19.4. The van der Waals surface area contributed by atoms with Gasteiger partial charge in [-0.25, -0.2) is 0 Å². The average Bonchev–Trinajstić information content (AvgIpc) is 3.16. The van der Waals surface area contributed by atoms with E-state index in [9.17, 15) is 0 Å². The Morgan fingerprint density at radius 3 is 1.30 bits per heavy atom. The third kappa shape index (κ3) is 14.0. The molecule has 0 bridgehead atoms. The standard InChI is InChI=1S/C31H26.C8H10.C7H8.C4H10.C3H8/c1-21-11-13-24(14-12-21)25-15-17-26(18-16-25)29-10-6-7-22(2)31(29)30-20-28-9-5-4-8-27(28)19-23(30)3;1-2-8-6-4-3-5-7-8;1-7-5-3-2-4-6-7;1-4(2)3;1-3-2/h4-20H,1-3H3;3-7H,2H2,1H3;2-6H,1H3;4H,1-3H3;3H2,1-2H3. The van der Waals surface area contributed by atoms with Gasteiger partial charge in [-0.05, 0) is 107 Å². The maximum atomic E-state index is 2.34. The van der Waals surface area contributed by atoms with Crippen LogP contribution in [0, 0.1) is 33.6 Å². The third-order valence-electron chi connectivity index (χ3n) is 8.41. The second-order valence-corrected chi connectivity index (χ2v) is 14.4. The minimum Gasteiger partial charge on any atom is -0.0656 e. The van der Waals surface area contributed by atoms with E-state index >= 15 is 0 Å². The first-order valence-corrected chi connectivity index (χ1v) is 19.4. The minimum atomic E-state index is 0.833. The Morgan fingerprint density at radius 1 is 0.396 bits per heavy atom. The highest BCUT2D eigenvalue weighted by Gasteiger charge is 2.13. The molecule has 0 fully saturated rings. The molecule has 0 unspecified atom stereocenters. The molecule has 0 atom stereocenters. The van der Waals surface area contributed by atoms with Gasteiger partial charge in [0.15, 0.2) is 0 Å². The van der Waals surface area contributed by atoms with Crippen LogP contribution in [0.25, 0.3) is 44.2 Å². The van der Waals surface area contributed by atoms with Gasteiger partial charge in [-0.1, -0.05) is 217 Å². The van der Waals surface area contributed by atoms with E-state index in [0.717, 1.165) is 12.3 Å². The van der Waals surface area contributed by atoms with Crippen LogP contribution in [-0.4, -0.2) is 0 Å². The normalized spacial score (nSPS) is 10.0. The van der Waals surface area contributed by atoms with Gasteiger partial charge in [0.2, 0.25) is 0 Å². The second-order valence-electron chi connectivity index (χ2n) is 14.4. The van der Waals surface area contributed by atoms with Crippen molar-refractivity contribution in [2.24, 2.45) is 5.92 Å². The predicted molar refractivity (Wildman–Crippen MR) is 238 cm³/mol. The third-order valence-corrected chi connectivity index (χ3v) is 8.41. The summed E-state index contributed by atoms with van der Waals surface area (Å²) in [5.41, 5.74) is 14.3. The van der Waals surface area contributed by atoms with Crippen LogP contribution < -0.4 is 0 Å². The fourth-order valence-electron chi connectivity index (χ4n) is 5.73.